The third kappa shape index (κ3) is 4.10. The molecule has 0 saturated carbocycles. The van der Waals surface area contributed by atoms with E-state index in [0.29, 0.717) is 26.1 Å². The molecule has 1 aliphatic heterocycles. The van der Waals surface area contributed by atoms with Gasteiger partial charge in [0.1, 0.15) is 11.5 Å². The lowest BCUT2D eigenvalue weighted by Gasteiger charge is -2.36. The van der Waals surface area contributed by atoms with E-state index in [1.807, 2.05) is 54.3 Å². The van der Waals surface area contributed by atoms with Crippen LogP contribution in [0.3, 0.4) is 0 Å². The monoisotopic (exact) mass is 354 g/mol. The Bertz CT molecular complexity index is 740. The summed E-state index contributed by atoms with van der Waals surface area (Å²) in [5.41, 5.74) is 2.04. The number of amides is 1. The molecule has 1 saturated heterocycles. The molecule has 1 amide bonds. The Hall–Kier alpha value is -2.69. The van der Waals surface area contributed by atoms with Crippen LogP contribution in [0.5, 0.6) is 11.5 Å². The normalized spacial score (nSPS) is 14.2. The van der Waals surface area contributed by atoms with Crippen LogP contribution in [0.4, 0.5) is 5.69 Å². The summed E-state index contributed by atoms with van der Waals surface area (Å²) in [5.74, 6) is 1.82. The van der Waals surface area contributed by atoms with E-state index in [2.05, 4.69) is 11.0 Å². The van der Waals surface area contributed by atoms with Crippen LogP contribution in [-0.2, 0) is 11.2 Å². The molecular weight excluding hydrogens is 328 g/mol. The molecule has 26 heavy (non-hydrogen) atoms. The molecule has 1 aliphatic rings. The summed E-state index contributed by atoms with van der Waals surface area (Å²) in [6.07, 6.45) is 0.375. The summed E-state index contributed by atoms with van der Waals surface area (Å²) < 4.78 is 11.1. The predicted molar refractivity (Wildman–Crippen MR) is 103 cm³/mol. The first-order valence-electron chi connectivity index (χ1n) is 9.09. The minimum absolute atomic E-state index is 0.146. The lowest BCUT2D eigenvalue weighted by Crippen LogP contribution is -2.49. The fourth-order valence-corrected chi connectivity index (χ4v) is 3.32. The van der Waals surface area contributed by atoms with Crippen molar-refractivity contribution in [3.63, 3.8) is 0 Å². The average Bonchev–Trinajstić information content (AvgIpc) is 2.69. The minimum Gasteiger partial charge on any atom is -0.496 e. The molecule has 1 heterocycles. The van der Waals surface area contributed by atoms with Gasteiger partial charge in [0.2, 0.25) is 5.91 Å². The highest BCUT2D eigenvalue weighted by molar-refractivity contribution is 5.80. The van der Waals surface area contributed by atoms with Crippen LogP contribution in [0.25, 0.3) is 0 Å². The molecule has 0 unspecified atom stereocenters. The number of carbonyl (C=O) groups is 1. The smallest absolute Gasteiger partial charge is 0.227 e. The third-order valence-electron chi connectivity index (χ3n) is 4.67. The van der Waals surface area contributed by atoms with E-state index in [1.54, 1.807) is 7.11 Å². The van der Waals surface area contributed by atoms with Gasteiger partial charge in [0, 0.05) is 31.7 Å². The number of para-hydroxylation sites is 3. The molecule has 2 aromatic carbocycles. The quantitative estimate of drug-likeness (QED) is 0.800. The molecule has 5 heteroatoms. The van der Waals surface area contributed by atoms with Crippen LogP contribution < -0.4 is 14.4 Å². The van der Waals surface area contributed by atoms with E-state index >= 15 is 0 Å². The maximum absolute atomic E-state index is 12.7. The standard InChI is InChI=1S/C21H26N2O3/c1-3-26-20-11-7-5-9-18(20)22-12-14-23(15-13-22)21(24)16-17-8-4-6-10-19(17)25-2/h4-11H,3,12-16H2,1-2H3. The van der Waals surface area contributed by atoms with E-state index in [1.165, 1.54) is 0 Å². The number of hydrogen-bond acceptors (Lipinski definition) is 4. The van der Waals surface area contributed by atoms with Gasteiger partial charge in [-0.25, -0.2) is 0 Å². The molecule has 0 bridgehead atoms. The number of hydrogen-bond donors (Lipinski definition) is 0. The highest BCUT2D eigenvalue weighted by Gasteiger charge is 2.23. The number of methoxy groups -OCH3 is 1. The zero-order valence-corrected chi connectivity index (χ0v) is 15.5. The van der Waals surface area contributed by atoms with Gasteiger partial charge in [-0.15, -0.1) is 0 Å². The minimum atomic E-state index is 0.146. The van der Waals surface area contributed by atoms with Crippen LogP contribution in [0.2, 0.25) is 0 Å². The first-order valence-corrected chi connectivity index (χ1v) is 9.09. The molecule has 2 aromatic rings. The summed E-state index contributed by atoms with van der Waals surface area (Å²) in [5, 5.41) is 0. The van der Waals surface area contributed by atoms with Gasteiger partial charge in [-0.3, -0.25) is 4.79 Å². The molecule has 5 nitrogen and oxygen atoms in total. The molecule has 0 atom stereocenters. The second-order valence-corrected chi connectivity index (χ2v) is 6.26. The van der Waals surface area contributed by atoms with Gasteiger partial charge in [-0.2, -0.15) is 0 Å². The first-order chi connectivity index (χ1) is 12.7. The highest BCUT2D eigenvalue weighted by atomic mass is 16.5. The maximum Gasteiger partial charge on any atom is 0.227 e. The highest BCUT2D eigenvalue weighted by Crippen LogP contribution is 2.29. The van der Waals surface area contributed by atoms with E-state index in [0.717, 1.165) is 35.8 Å². The maximum atomic E-state index is 12.7. The fraction of sp³-hybridized carbons (Fsp3) is 0.381. The number of carbonyl (C=O) groups excluding carboxylic acids is 1. The van der Waals surface area contributed by atoms with Crippen LogP contribution in [0.1, 0.15) is 12.5 Å². The van der Waals surface area contributed by atoms with Gasteiger partial charge in [-0.1, -0.05) is 30.3 Å². The van der Waals surface area contributed by atoms with Gasteiger partial charge in [0.25, 0.3) is 0 Å². The Labute approximate surface area is 155 Å². The van der Waals surface area contributed by atoms with Crippen molar-refractivity contribution in [1.29, 1.82) is 0 Å². The topological polar surface area (TPSA) is 42.0 Å². The zero-order valence-electron chi connectivity index (χ0n) is 15.5. The van der Waals surface area contributed by atoms with Crippen molar-refractivity contribution in [3.05, 3.63) is 54.1 Å². The summed E-state index contributed by atoms with van der Waals surface area (Å²) in [6.45, 7) is 5.69. The Morgan fingerprint density at radius 1 is 0.962 bits per heavy atom. The number of anilines is 1. The number of piperazine rings is 1. The fourth-order valence-electron chi connectivity index (χ4n) is 3.32. The van der Waals surface area contributed by atoms with Gasteiger partial charge in [-0.05, 0) is 25.1 Å². The second-order valence-electron chi connectivity index (χ2n) is 6.26. The number of benzene rings is 2. The van der Waals surface area contributed by atoms with E-state index < -0.39 is 0 Å². The van der Waals surface area contributed by atoms with Crippen molar-refractivity contribution in [2.24, 2.45) is 0 Å². The van der Waals surface area contributed by atoms with Gasteiger partial charge in [0.05, 0.1) is 25.8 Å². The molecule has 0 radical (unpaired) electrons. The Morgan fingerprint density at radius 2 is 1.62 bits per heavy atom. The molecule has 0 aromatic heterocycles. The third-order valence-corrected chi connectivity index (χ3v) is 4.67. The van der Waals surface area contributed by atoms with Crippen molar-refractivity contribution in [2.45, 2.75) is 13.3 Å². The van der Waals surface area contributed by atoms with Crippen molar-refractivity contribution in [3.8, 4) is 11.5 Å². The molecule has 3 rings (SSSR count). The van der Waals surface area contributed by atoms with Crippen molar-refractivity contribution in [1.82, 2.24) is 4.90 Å². The SMILES string of the molecule is CCOc1ccccc1N1CCN(C(=O)Cc2ccccc2OC)CC1. The van der Waals surface area contributed by atoms with Crippen LogP contribution >= 0.6 is 0 Å². The van der Waals surface area contributed by atoms with E-state index in [9.17, 15) is 4.79 Å². The van der Waals surface area contributed by atoms with E-state index in [4.69, 9.17) is 9.47 Å². The lowest BCUT2D eigenvalue weighted by molar-refractivity contribution is -0.130. The Balaban J connectivity index is 1.61. The van der Waals surface area contributed by atoms with Crippen LogP contribution in [0.15, 0.2) is 48.5 Å². The Kier molecular flexibility index (Phi) is 6.00. The number of ether oxygens (including phenoxy) is 2. The molecule has 0 spiro atoms. The van der Waals surface area contributed by atoms with Crippen molar-refractivity contribution in [2.75, 3.05) is 44.8 Å². The summed E-state index contributed by atoms with van der Waals surface area (Å²) >= 11 is 0. The average molecular weight is 354 g/mol. The molecule has 0 N–H and O–H groups in total. The second kappa shape index (κ2) is 8.61. The van der Waals surface area contributed by atoms with Crippen LogP contribution in [0, 0.1) is 0 Å². The number of rotatable bonds is 6. The summed E-state index contributed by atoms with van der Waals surface area (Å²) in [7, 11) is 1.64. The number of nitrogens with zero attached hydrogens (tertiary/aromatic N) is 2. The molecule has 1 fully saturated rings. The largest absolute Gasteiger partial charge is 0.496 e. The van der Waals surface area contributed by atoms with Gasteiger partial charge < -0.3 is 19.3 Å². The Morgan fingerprint density at radius 3 is 2.31 bits per heavy atom. The van der Waals surface area contributed by atoms with Gasteiger partial charge >= 0.3 is 0 Å². The zero-order chi connectivity index (χ0) is 18.4. The van der Waals surface area contributed by atoms with Crippen molar-refractivity contribution >= 4 is 11.6 Å². The predicted octanol–water partition coefficient (Wildman–Crippen LogP) is 2.99. The van der Waals surface area contributed by atoms with Crippen molar-refractivity contribution < 1.29 is 14.3 Å². The first kappa shape index (κ1) is 18.1. The molecule has 0 aliphatic carbocycles. The lowest BCUT2D eigenvalue weighted by atomic mass is 10.1. The van der Waals surface area contributed by atoms with E-state index in [-0.39, 0.29) is 5.91 Å². The van der Waals surface area contributed by atoms with Crippen LogP contribution in [-0.4, -0.2) is 50.7 Å². The molecular formula is C21H26N2O3. The van der Waals surface area contributed by atoms with Gasteiger partial charge in [0.15, 0.2) is 0 Å². The molecule has 138 valence electrons. The summed E-state index contributed by atoms with van der Waals surface area (Å²) in [4.78, 5) is 16.9. The summed E-state index contributed by atoms with van der Waals surface area (Å²) in [6, 6.07) is 15.8.